The van der Waals surface area contributed by atoms with Gasteiger partial charge in [-0.15, -0.1) is 0 Å². The fraction of sp³-hybridized carbons (Fsp3) is 0.478. The van der Waals surface area contributed by atoms with E-state index in [1.807, 2.05) is 48.7 Å². The van der Waals surface area contributed by atoms with Crippen LogP contribution in [-0.2, 0) is 18.4 Å². The molecule has 29 heavy (non-hydrogen) atoms. The number of amides is 2. The zero-order valence-electron chi connectivity index (χ0n) is 17.9. The summed E-state index contributed by atoms with van der Waals surface area (Å²) >= 11 is 0. The van der Waals surface area contributed by atoms with Crippen LogP contribution in [0.2, 0.25) is 0 Å². The molecular weight excluding hydrogens is 369 g/mol. The second-order valence-corrected chi connectivity index (χ2v) is 7.48. The maximum absolute atomic E-state index is 13.6. The molecule has 0 aliphatic heterocycles. The fourth-order valence-corrected chi connectivity index (χ4v) is 3.18. The van der Waals surface area contributed by atoms with Gasteiger partial charge < -0.3 is 14.4 Å². The summed E-state index contributed by atoms with van der Waals surface area (Å²) in [6.07, 6.45) is 4.55. The monoisotopic (exact) mass is 401 g/mol. The van der Waals surface area contributed by atoms with E-state index in [9.17, 15) is 14.0 Å². The molecular formula is C23H32FN3O2. The molecule has 0 saturated heterocycles. The van der Waals surface area contributed by atoms with E-state index < -0.39 is 5.82 Å². The van der Waals surface area contributed by atoms with Gasteiger partial charge in [0, 0.05) is 37.1 Å². The van der Waals surface area contributed by atoms with Gasteiger partial charge in [0.1, 0.15) is 12.4 Å². The van der Waals surface area contributed by atoms with Crippen LogP contribution >= 0.6 is 0 Å². The number of carbonyl (C=O) groups is 2. The largest absolute Gasteiger partial charge is 0.353 e. The highest BCUT2D eigenvalue weighted by Crippen LogP contribution is 2.14. The molecule has 1 atom stereocenters. The van der Waals surface area contributed by atoms with Gasteiger partial charge in [-0.3, -0.25) is 9.59 Å². The van der Waals surface area contributed by atoms with Crippen LogP contribution in [0.3, 0.4) is 0 Å². The van der Waals surface area contributed by atoms with Gasteiger partial charge in [-0.1, -0.05) is 26.3 Å². The summed E-state index contributed by atoms with van der Waals surface area (Å²) in [4.78, 5) is 29.6. The number of rotatable bonds is 10. The van der Waals surface area contributed by atoms with Crippen LogP contribution in [0, 0.1) is 5.82 Å². The molecule has 2 rings (SSSR count). The Bertz CT molecular complexity index is 818. The van der Waals surface area contributed by atoms with E-state index in [4.69, 9.17) is 0 Å². The zero-order chi connectivity index (χ0) is 21.4. The Labute approximate surface area is 173 Å². The van der Waals surface area contributed by atoms with E-state index in [1.54, 1.807) is 11.0 Å². The maximum Gasteiger partial charge on any atom is 0.254 e. The minimum atomic E-state index is -0.459. The number of hydrogen-bond donors (Lipinski definition) is 0. The lowest BCUT2D eigenvalue weighted by Crippen LogP contribution is -2.46. The van der Waals surface area contributed by atoms with E-state index in [1.165, 1.54) is 18.2 Å². The van der Waals surface area contributed by atoms with Gasteiger partial charge in [-0.2, -0.15) is 0 Å². The first-order valence-electron chi connectivity index (χ1n) is 10.3. The van der Waals surface area contributed by atoms with Gasteiger partial charge >= 0.3 is 0 Å². The fourth-order valence-electron chi connectivity index (χ4n) is 3.18. The second kappa shape index (κ2) is 10.8. The van der Waals surface area contributed by atoms with Crippen molar-refractivity contribution in [3.8, 4) is 0 Å². The topological polar surface area (TPSA) is 45.6 Å². The van der Waals surface area contributed by atoms with Crippen molar-refractivity contribution in [1.82, 2.24) is 14.4 Å². The van der Waals surface area contributed by atoms with Gasteiger partial charge in [0.15, 0.2) is 0 Å². The standard InChI is InChI=1S/C23H32FN3O2/c1-5-7-14-26(16-21-12-9-13-25(21)4)22(28)17-27(18(3)6-2)23(29)19-10-8-11-20(24)15-19/h8-13,15,18H,5-7,14,16-17H2,1-4H3/t18-/m0/s1. The first-order valence-corrected chi connectivity index (χ1v) is 10.3. The van der Waals surface area contributed by atoms with E-state index in [0.29, 0.717) is 19.5 Å². The Morgan fingerprint density at radius 3 is 2.52 bits per heavy atom. The normalized spacial score (nSPS) is 11.9. The quantitative estimate of drug-likeness (QED) is 0.598. The molecule has 5 nitrogen and oxygen atoms in total. The van der Waals surface area contributed by atoms with Crippen LogP contribution in [-0.4, -0.2) is 45.3 Å². The molecule has 2 amide bonds. The number of nitrogens with zero attached hydrogens (tertiary/aromatic N) is 3. The highest BCUT2D eigenvalue weighted by atomic mass is 19.1. The van der Waals surface area contributed by atoms with Crippen LogP contribution in [0.5, 0.6) is 0 Å². The molecule has 1 aromatic carbocycles. The van der Waals surface area contributed by atoms with Crippen molar-refractivity contribution < 1.29 is 14.0 Å². The molecule has 0 saturated carbocycles. The van der Waals surface area contributed by atoms with Crippen molar-refractivity contribution in [2.45, 2.75) is 52.6 Å². The summed E-state index contributed by atoms with van der Waals surface area (Å²) < 4.78 is 15.6. The lowest BCUT2D eigenvalue weighted by Gasteiger charge is -2.31. The Morgan fingerprint density at radius 2 is 1.93 bits per heavy atom. The number of aromatic nitrogens is 1. The Hall–Kier alpha value is -2.63. The lowest BCUT2D eigenvalue weighted by atomic mass is 10.1. The number of aryl methyl sites for hydroxylation is 1. The molecule has 6 heteroatoms. The highest BCUT2D eigenvalue weighted by molar-refractivity contribution is 5.96. The Kier molecular flexibility index (Phi) is 8.43. The molecule has 1 heterocycles. The summed E-state index contributed by atoms with van der Waals surface area (Å²) in [7, 11) is 1.96. The number of unbranched alkanes of at least 4 members (excludes halogenated alkanes) is 1. The van der Waals surface area contributed by atoms with Gasteiger partial charge in [-0.05, 0) is 50.1 Å². The summed E-state index contributed by atoms with van der Waals surface area (Å²) in [5.74, 6) is -0.870. The van der Waals surface area contributed by atoms with Gasteiger partial charge in [0.2, 0.25) is 5.91 Å². The minimum absolute atomic E-state index is 0.0154. The van der Waals surface area contributed by atoms with Gasteiger partial charge in [0.05, 0.1) is 6.54 Å². The molecule has 0 radical (unpaired) electrons. The van der Waals surface area contributed by atoms with Crippen LogP contribution in [0.4, 0.5) is 4.39 Å². The smallest absolute Gasteiger partial charge is 0.254 e. The number of carbonyl (C=O) groups excluding carboxylic acids is 2. The van der Waals surface area contributed by atoms with Crippen molar-refractivity contribution in [1.29, 1.82) is 0 Å². The van der Waals surface area contributed by atoms with E-state index in [-0.39, 0.29) is 30.0 Å². The summed E-state index contributed by atoms with van der Waals surface area (Å²) in [6.45, 7) is 7.11. The van der Waals surface area contributed by atoms with Gasteiger partial charge in [-0.25, -0.2) is 4.39 Å². The van der Waals surface area contributed by atoms with E-state index >= 15 is 0 Å². The number of halogens is 1. The average Bonchev–Trinajstić information content (AvgIpc) is 3.12. The Balaban J connectivity index is 2.20. The molecule has 0 aliphatic rings. The average molecular weight is 402 g/mol. The van der Waals surface area contributed by atoms with E-state index in [2.05, 4.69) is 6.92 Å². The number of hydrogen-bond acceptors (Lipinski definition) is 2. The Morgan fingerprint density at radius 1 is 1.17 bits per heavy atom. The van der Waals surface area contributed by atoms with Crippen LogP contribution in [0.25, 0.3) is 0 Å². The van der Waals surface area contributed by atoms with Crippen molar-refractivity contribution in [2.75, 3.05) is 13.1 Å². The SMILES string of the molecule is CCCCN(Cc1cccn1C)C(=O)CN(C(=O)c1cccc(F)c1)[C@@H](C)CC. The second-order valence-electron chi connectivity index (χ2n) is 7.48. The third-order valence-corrected chi connectivity index (χ3v) is 5.30. The highest BCUT2D eigenvalue weighted by Gasteiger charge is 2.26. The van der Waals surface area contributed by atoms with Crippen molar-refractivity contribution in [3.63, 3.8) is 0 Å². The minimum Gasteiger partial charge on any atom is -0.353 e. The van der Waals surface area contributed by atoms with Crippen LogP contribution in [0.15, 0.2) is 42.6 Å². The van der Waals surface area contributed by atoms with Crippen molar-refractivity contribution >= 4 is 11.8 Å². The molecule has 158 valence electrons. The third-order valence-electron chi connectivity index (χ3n) is 5.30. The molecule has 0 spiro atoms. The van der Waals surface area contributed by atoms with Crippen molar-refractivity contribution in [2.24, 2.45) is 7.05 Å². The summed E-state index contributed by atoms with van der Waals surface area (Å²) in [5.41, 5.74) is 1.31. The van der Waals surface area contributed by atoms with Crippen LogP contribution < -0.4 is 0 Å². The molecule has 2 aromatic rings. The van der Waals surface area contributed by atoms with Crippen molar-refractivity contribution in [3.05, 3.63) is 59.7 Å². The zero-order valence-corrected chi connectivity index (χ0v) is 17.9. The molecule has 1 aromatic heterocycles. The maximum atomic E-state index is 13.6. The summed E-state index contributed by atoms with van der Waals surface area (Å²) in [6, 6.07) is 9.46. The summed E-state index contributed by atoms with van der Waals surface area (Å²) in [5, 5.41) is 0. The predicted molar refractivity (Wildman–Crippen MR) is 113 cm³/mol. The van der Waals surface area contributed by atoms with Crippen LogP contribution in [0.1, 0.15) is 56.1 Å². The molecule has 0 unspecified atom stereocenters. The molecule has 0 aliphatic carbocycles. The first kappa shape index (κ1) is 22.7. The lowest BCUT2D eigenvalue weighted by molar-refractivity contribution is -0.133. The first-order chi connectivity index (χ1) is 13.9. The van der Waals surface area contributed by atoms with Gasteiger partial charge in [0.25, 0.3) is 5.91 Å². The number of benzene rings is 1. The third kappa shape index (κ3) is 6.17. The van der Waals surface area contributed by atoms with E-state index in [0.717, 1.165) is 18.5 Å². The molecule has 0 bridgehead atoms. The predicted octanol–water partition coefficient (Wildman–Crippen LogP) is 4.23. The molecule has 0 fully saturated rings. The molecule has 0 N–H and O–H groups in total.